The number of tetrazole rings is 1. The Hall–Kier alpha value is -3.11. The molecule has 3 rings (SSSR count). The number of sulfonamides is 1. The lowest BCUT2D eigenvalue weighted by molar-refractivity contribution is -0.121. The molecule has 9 nitrogen and oxygen atoms in total. The van der Waals surface area contributed by atoms with E-state index in [0.29, 0.717) is 11.5 Å². The second-order valence-corrected chi connectivity index (χ2v) is 10.3. The van der Waals surface area contributed by atoms with Crippen molar-refractivity contribution in [2.24, 2.45) is 5.92 Å². The molecule has 0 bridgehead atoms. The summed E-state index contributed by atoms with van der Waals surface area (Å²) in [7, 11) is -0.707. The van der Waals surface area contributed by atoms with Gasteiger partial charge in [-0.05, 0) is 48.2 Å². The lowest BCUT2D eigenvalue weighted by Crippen LogP contribution is -2.32. The van der Waals surface area contributed by atoms with Crippen LogP contribution in [0.4, 0.5) is 5.69 Å². The minimum atomic E-state index is -3.65. The van der Waals surface area contributed by atoms with Gasteiger partial charge >= 0.3 is 0 Å². The smallest absolute Gasteiger partial charge is 0.251 e. The molecule has 0 fully saturated rings. The van der Waals surface area contributed by atoms with Gasteiger partial charge < -0.3 is 5.32 Å². The quantitative estimate of drug-likeness (QED) is 0.585. The molecule has 0 spiro atoms. The van der Waals surface area contributed by atoms with Crippen LogP contribution in [0.5, 0.6) is 0 Å². The first-order valence-electron chi connectivity index (χ1n) is 10.2. The molecule has 0 radical (unpaired) electrons. The van der Waals surface area contributed by atoms with Crippen LogP contribution in [-0.4, -0.2) is 52.9 Å². The van der Waals surface area contributed by atoms with Crippen molar-refractivity contribution in [1.82, 2.24) is 24.5 Å². The zero-order valence-electron chi connectivity index (χ0n) is 19.1. The SMILES string of the molecule is Cc1cc(S(=O)(=O)N(C)C)cc(NC(=O)C(C(C)C)n2nnc(-c3ccccc3)n2)c1C. The molecule has 1 atom stereocenters. The summed E-state index contributed by atoms with van der Waals surface area (Å²) in [6.07, 6.45) is 0. The Labute approximate surface area is 188 Å². The summed E-state index contributed by atoms with van der Waals surface area (Å²) in [6.45, 7) is 7.43. The number of rotatable bonds is 7. The second-order valence-electron chi connectivity index (χ2n) is 8.18. The Balaban J connectivity index is 1.94. The van der Waals surface area contributed by atoms with Crippen molar-refractivity contribution in [3.8, 4) is 11.4 Å². The molecular weight excluding hydrogens is 428 g/mol. The number of aryl methyl sites for hydroxylation is 1. The van der Waals surface area contributed by atoms with Gasteiger partial charge in [-0.1, -0.05) is 44.2 Å². The summed E-state index contributed by atoms with van der Waals surface area (Å²) in [5, 5.41) is 15.5. The molecule has 1 unspecified atom stereocenters. The van der Waals surface area contributed by atoms with Crippen molar-refractivity contribution >= 4 is 21.6 Å². The Morgan fingerprint density at radius 1 is 1.09 bits per heavy atom. The molecule has 10 heteroatoms. The number of carbonyl (C=O) groups excluding carboxylic acids is 1. The molecule has 0 saturated carbocycles. The number of anilines is 1. The van der Waals surface area contributed by atoms with Crippen LogP contribution in [0, 0.1) is 19.8 Å². The van der Waals surface area contributed by atoms with Gasteiger partial charge in [0, 0.05) is 25.3 Å². The number of nitrogens with zero attached hydrogens (tertiary/aromatic N) is 5. The predicted molar refractivity (Wildman–Crippen MR) is 123 cm³/mol. The van der Waals surface area contributed by atoms with E-state index in [1.54, 1.807) is 6.07 Å². The third-order valence-corrected chi connectivity index (χ3v) is 7.08. The molecule has 0 aliphatic carbocycles. The van der Waals surface area contributed by atoms with Crippen LogP contribution >= 0.6 is 0 Å². The van der Waals surface area contributed by atoms with Gasteiger partial charge in [-0.3, -0.25) is 4.79 Å². The molecule has 170 valence electrons. The Morgan fingerprint density at radius 3 is 2.34 bits per heavy atom. The Kier molecular flexibility index (Phi) is 6.75. The summed E-state index contributed by atoms with van der Waals surface area (Å²) in [4.78, 5) is 14.7. The van der Waals surface area contributed by atoms with E-state index < -0.39 is 16.1 Å². The zero-order chi connectivity index (χ0) is 23.6. The molecule has 1 N–H and O–H groups in total. The van der Waals surface area contributed by atoms with Crippen molar-refractivity contribution in [3.05, 3.63) is 53.6 Å². The third kappa shape index (κ3) is 4.71. The van der Waals surface area contributed by atoms with E-state index in [2.05, 4.69) is 20.7 Å². The summed E-state index contributed by atoms with van der Waals surface area (Å²) in [6, 6.07) is 11.7. The molecule has 1 aromatic heterocycles. The third-order valence-electron chi connectivity index (χ3n) is 5.29. The minimum Gasteiger partial charge on any atom is -0.324 e. The van der Waals surface area contributed by atoms with Crippen LogP contribution in [-0.2, 0) is 14.8 Å². The maximum Gasteiger partial charge on any atom is 0.251 e. The Bertz CT molecular complexity index is 1220. The van der Waals surface area contributed by atoms with Gasteiger partial charge in [0.1, 0.15) is 0 Å². The lowest BCUT2D eigenvalue weighted by Gasteiger charge is -2.21. The predicted octanol–water partition coefficient (Wildman–Crippen LogP) is 3.04. The summed E-state index contributed by atoms with van der Waals surface area (Å²) < 4.78 is 26.4. The summed E-state index contributed by atoms with van der Waals surface area (Å²) in [5.74, 6) is -0.0584. The van der Waals surface area contributed by atoms with E-state index in [4.69, 9.17) is 0 Å². The van der Waals surface area contributed by atoms with Crippen molar-refractivity contribution in [2.75, 3.05) is 19.4 Å². The van der Waals surface area contributed by atoms with Crippen molar-refractivity contribution in [1.29, 1.82) is 0 Å². The molecule has 0 aliphatic heterocycles. The number of hydrogen-bond donors (Lipinski definition) is 1. The van der Waals surface area contributed by atoms with Gasteiger partial charge in [-0.2, -0.15) is 4.80 Å². The van der Waals surface area contributed by atoms with Crippen molar-refractivity contribution in [2.45, 2.75) is 38.6 Å². The standard InChI is InChI=1S/C22H28N6O3S/c1-14(2)20(28-25-21(24-26-28)17-10-8-7-9-11-17)22(29)23-19-13-18(12-15(3)16(19)4)32(30,31)27(5)6/h7-14,20H,1-6H3,(H,23,29). The first kappa shape index (κ1) is 23.6. The molecule has 1 heterocycles. The van der Waals surface area contributed by atoms with Gasteiger partial charge in [0.05, 0.1) is 4.90 Å². The van der Waals surface area contributed by atoms with E-state index >= 15 is 0 Å². The molecule has 32 heavy (non-hydrogen) atoms. The highest BCUT2D eigenvalue weighted by atomic mass is 32.2. The number of hydrogen-bond acceptors (Lipinski definition) is 6. The highest BCUT2D eigenvalue weighted by molar-refractivity contribution is 7.89. The van der Waals surface area contributed by atoms with Crippen molar-refractivity contribution in [3.63, 3.8) is 0 Å². The fraction of sp³-hybridized carbons (Fsp3) is 0.364. The van der Waals surface area contributed by atoms with E-state index in [1.165, 1.54) is 25.0 Å². The van der Waals surface area contributed by atoms with E-state index in [1.807, 2.05) is 58.0 Å². The van der Waals surface area contributed by atoms with Crippen LogP contribution < -0.4 is 5.32 Å². The monoisotopic (exact) mass is 456 g/mol. The largest absolute Gasteiger partial charge is 0.324 e. The topological polar surface area (TPSA) is 110 Å². The maximum absolute atomic E-state index is 13.3. The van der Waals surface area contributed by atoms with Crippen LogP contribution in [0.3, 0.4) is 0 Å². The fourth-order valence-corrected chi connectivity index (χ4v) is 4.26. The number of nitrogens with one attached hydrogen (secondary N) is 1. The van der Waals surface area contributed by atoms with Crippen LogP contribution in [0.2, 0.25) is 0 Å². The average molecular weight is 457 g/mol. The number of aromatic nitrogens is 4. The molecule has 0 saturated heterocycles. The van der Waals surface area contributed by atoms with Gasteiger partial charge in [0.15, 0.2) is 6.04 Å². The second kappa shape index (κ2) is 9.17. The van der Waals surface area contributed by atoms with Gasteiger partial charge in [-0.15, -0.1) is 10.2 Å². The number of amides is 1. The van der Waals surface area contributed by atoms with Crippen LogP contribution in [0.1, 0.15) is 31.0 Å². The highest BCUT2D eigenvalue weighted by Crippen LogP contribution is 2.27. The minimum absolute atomic E-state index is 0.118. The Morgan fingerprint density at radius 2 is 1.75 bits per heavy atom. The summed E-state index contributed by atoms with van der Waals surface area (Å²) >= 11 is 0. The van der Waals surface area contributed by atoms with Gasteiger partial charge in [0.25, 0.3) is 5.91 Å². The summed E-state index contributed by atoms with van der Waals surface area (Å²) in [5.41, 5.74) is 2.78. The molecule has 0 aliphatic rings. The average Bonchev–Trinajstić information content (AvgIpc) is 3.21. The zero-order valence-corrected chi connectivity index (χ0v) is 19.9. The van der Waals surface area contributed by atoms with E-state index in [0.717, 1.165) is 21.0 Å². The molecule has 1 amide bonds. The normalized spacial score (nSPS) is 12.9. The first-order chi connectivity index (χ1) is 15.0. The maximum atomic E-state index is 13.3. The number of carbonyl (C=O) groups is 1. The van der Waals surface area contributed by atoms with E-state index in [9.17, 15) is 13.2 Å². The van der Waals surface area contributed by atoms with Crippen LogP contribution in [0.25, 0.3) is 11.4 Å². The van der Waals surface area contributed by atoms with Gasteiger partial charge in [-0.25, -0.2) is 12.7 Å². The lowest BCUT2D eigenvalue weighted by atomic mass is 10.0. The highest BCUT2D eigenvalue weighted by Gasteiger charge is 2.28. The number of benzene rings is 2. The fourth-order valence-electron chi connectivity index (χ4n) is 3.24. The van der Waals surface area contributed by atoms with Crippen LogP contribution in [0.15, 0.2) is 47.4 Å². The first-order valence-corrected chi connectivity index (χ1v) is 11.7. The molecule has 2 aromatic carbocycles. The van der Waals surface area contributed by atoms with Crippen molar-refractivity contribution < 1.29 is 13.2 Å². The molecule has 3 aromatic rings. The van der Waals surface area contributed by atoms with E-state index in [-0.39, 0.29) is 16.7 Å². The molecular formula is C22H28N6O3S. The van der Waals surface area contributed by atoms with Gasteiger partial charge in [0.2, 0.25) is 15.8 Å².